The van der Waals surface area contributed by atoms with Crippen LogP contribution in [0.1, 0.15) is 32.6 Å². The Labute approximate surface area is 125 Å². The highest BCUT2D eigenvalue weighted by atomic mass is 16.5. The predicted octanol–water partition coefficient (Wildman–Crippen LogP) is 2.42. The summed E-state index contributed by atoms with van der Waals surface area (Å²) in [5, 5.41) is 2.84. The van der Waals surface area contributed by atoms with Crippen LogP contribution in [0.25, 0.3) is 0 Å². The van der Waals surface area contributed by atoms with E-state index in [2.05, 4.69) is 5.32 Å². The molecule has 1 aliphatic heterocycles. The largest absolute Gasteiger partial charge is 0.497 e. The number of anilines is 1. The number of carbonyl (C=O) groups excluding carboxylic acids is 2. The van der Waals surface area contributed by atoms with Crippen LogP contribution in [0.3, 0.4) is 0 Å². The molecule has 2 rings (SSSR count). The first kappa shape index (κ1) is 15.4. The van der Waals surface area contributed by atoms with E-state index in [0.717, 1.165) is 19.3 Å². The number of likely N-dealkylation sites (tertiary alicyclic amines) is 1. The minimum absolute atomic E-state index is 0.0702. The molecule has 2 amide bonds. The molecule has 1 aromatic rings. The number of rotatable bonds is 4. The van der Waals surface area contributed by atoms with Gasteiger partial charge in [-0.2, -0.15) is 0 Å². The summed E-state index contributed by atoms with van der Waals surface area (Å²) in [5.41, 5.74) is 0.675. The lowest BCUT2D eigenvalue weighted by atomic mass is 10.2. The lowest BCUT2D eigenvalue weighted by Crippen LogP contribution is -2.45. The van der Waals surface area contributed by atoms with Gasteiger partial charge in [0.25, 0.3) is 0 Å². The SMILES string of the molecule is COc1cccc(NC(=O)[C@@H](C)N2CCCCCC2=O)c1. The average molecular weight is 290 g/mol. The first-order valence-electron chi connectivity index (χ1n) is 7.36. The third kappa shape index (κ3) is 3.97. The summed E-state index contributed by atoms with van der Waals surface area (Å²) in [7, 11) is 1.58. The van der Waals surface area contributed by atoms with Gasteiger partial charge < -0.3 is 15.0 Å². The van der Waals surface area contributed by atoms with Crippen molar-refractivity contribution in [3.8, 4) is 5.75 Å². The lowest BCUT2D eigenvalue weighted by molar-refractivity contribution is -0.137. The van der Waals surface area contributed by atoms with Crippen molar-refractivity contribution in [2.45, 2.75) is 38.6 Å². The summed E-state index contributed by atoms with van der Waals surface area (Å²) in [4.78, 5) is 26.0. The topological polar surface area (TPSA) is 58.6 Å². The minimum atomic E-state index is -0.457. The molecule has 1 atom stereocenters. The molecule has 1 aliphatic rings. The van der Waals surface area contributed by atoms with Gasteiger partial charge in [-0.3, -0.25) is 9.59 Å². The summed E-state index contributed by atoms with van der Waals surface area (Å²) in [6, 6.07) is 6.74. The number of nitrogens with zero attached hydrogens (tertiary/aromatic N) is 1. The maximum absolute atomic E-state index is 12.3. The van der Waals surface area contributed by atoms with E-state index in [-0.39, 0.29) is 11.8 Å². The van der Waals surface area contributed by atoms with Gasteiger partial charge in [0.2, 0.25) is 11.8 Å². The fourth-order valence-electron chi connectivity index (χ4n) is 2.50. The standard InChI is InChI=1S/C16H22N2O3/c1-12(18-10-5-3-4-9-15(18)19)16(20)17-13-7-6-8-14(11-13)21-2/h6-8,11-12H,3-5,9-10H2,1-2H3,(H,17,20)/t12-/m1/s1. The van der Waals surface area contributed by atoms with Crippen LogP contribution in [-0.2, 0) is 9.59 Å². The summed E-state index contributed by atoms with van der Waals surface area (Å²) < 4.78 is 5.13. The number of ether oxygens (including phenoxy) is 1. The van der Waals surface area contributed by atoms with Crippen LogP contribution in [0.15, 0.2) is 24.3 Å². The zero-order chi connectivity index (χ0) is 15.2. The second kappa shape index (κ2) is 7.11. The molecular weight excluding hydrogens is 268 g/mol. The molecule has 5 nitrogen and oxygen atoms in total. The zero-order valence-corrected chi connectivity index (χ0v) is 12.6. The van der Waals surface area contributed by atoms with Crippen molar-refractivity contribution < 1.29 is 14.3 Å². The number of hydrogen-bond acceptors (Lipinski definition) is 3. The van der Waals surface area contributed by atoms with Crippen molar-refractivity contribution in [3.63, 3.8) is 0 Å². The normalized spacial score (nSPS) is 17.0. The maximum atomic E-state index is 12.3. The highest BCUT2D eigenvalue weighted by Gasteiger charge is 2.26. The fourth-order valence-corrected chi connectivity index (χ4v) is 2.50. The number of amides is 2. The van der Waals surface area contributed by atoms with Crippen LogP contribution >= 0.6 is 0 Å². The molecule has 5 heteroatoms. The van der Waals surface area contributed by atoms with Crippen molar-refractivity contribution >= 4 is 17.5 Å². The van der Waals surface area contributed by atoms with Crippen LogP contribution in [0.5, 0.6) is 5.75 Å². The number of methoxy groups -OCH3 is 1. The van der Waals surface area contributed by atoms with Gasteiger partial charge in [0, 0.05) is 24.7 Å². The highest BCUT2D eigenvalue weighted by Crippen LogP contribution is 2.18. The van der Waals surface area contributed by atoms with Crippen molar-refractivity contribution in [1.29, 1.82) is 0 Å². The smallest absolute Gasteiger partial charge is 0.246 e. The first-order valence-corrected chi connectivity index (χ1v) is 7.36. The minimum Gasteiger partial charge on any atom is -0.497 e. The van der Waals surface area contributed by atoms with E-state index in [1.165, 1.54) is 0 Å². The molecule has 1 fully saturated rings. The second-order valence-electron chi connectivity index (χ2n) is 5.29. The number of hydrogen-bond donors (Lipinski definition) is 1. The monoisotopic (exact) mass is 290 g/mol. The Morgan fingerprint density at radius 1 is 1.33 bits per heavy atom. The Bertz CT molecular complexity index is 516. The van der Waals surface area contributed by atoms with Crippen LogP contribution < -0.4 is 10.1 Å². The van der Waals surface area contributed by atoms with E-state index in [1.807, 2.05) is 12.1 Å². The third-order valence-electron chi connectivity index (χ3n) is 3.79. The second-order valence-corrected chi connectivity index (χ2v) is 5.29. The van der Waals surface area contributed by atoms with E-state index in [9.17, 15) is 9.59 Å². The van der Waals surface area contributed by atoms with E-state index in [1.54, 1.807) is 31.1 Å². The Balaban J connectivity index is 2.02. The summed E-state index contributed by atoms with van der Waals surface area (Å²) in [6.45, 7) is 2.43. The molecule has 114 valence electrons. The molecule has 1 aromatic carbocycles. The average Bonchev–Trinajstić information content (AvgIpc) is 2.71. The van der Waals surface area contributed by atoms with Gasteiger partial charge in [0.15, 0.2) is 0 Å². The molecule has 21 heavy (non-hydrogen) atoms. The number of carbonyl (C=O) groups is 2. The van der Waals surface area contributed by atoms with Crippen molar-refractivity contribution in [3.05, 3.63) is 24.3 Å². The van der Waals surface area contributed by atoms with Gasteiger partial charge in [0.1, 0.15) is 11.8 Å². The van der Waals surface area contributed by atoms with E-state index >= 15 is 0 Å². The molecule has 0 saturated carbocycles. The van der Waals surface area contributed by atoms with Crippen LogP contribution in [0, 0.1) is 0 Å². The Hall–Kier alpha value is -2.04. The van der Waals surface area contributed by atoms with E-state index in [4.69, 9.17) is 4.74 Å². The predicted molar refractivity (Wildman–Crippen MR) is 81.3 cm³/mol. The molecule has 0 radical (unpaired) electrons. The zero-order valence-electron chi connectivity index (χ0n) is 12.6. The molecule has 0 spiro atoms. The van der Waals surface area contributed by atoms with Crippen molar-refractivity contribution in [2.24, 2.45) is 0 Å². The Morgan fingerprint density at radius 2 is 2.14 bits per heavy atom. The van der Waals surface area contributed by atoms with Gasteiger partial charge >= 0.3 is 0 Å². The Kier molecular flexibility index (Phi) is 5.20. The highest BCUT2D eigenvalue weighted by molar-refractivity contribution is 5.97. The number of nitrogens with one attached hydrogen (secondary N) is 1. The molecule has 1 N–H and O–H groups in total. The molecule has 0 aliphatic carbocycles. The van der Waals surface area contributed by atoms with E-state index in [0.29, 0.717) is 24.4 Å². The molecule has 0 bridgehead atoms. The fraction of sp³-hybridized carbons (Fsp3) is 0.500. The van der Waals surface area contributed by atoms with Crippen molar-refractivity contribution in [1.82, 2.24) is 4.90 Å². The molecule has 0 aromatic heterocycles. The van der Waals surface area contributed by atoms with Crippen molar-refractivity contribution in [2.75, 3.05) is 19.0 Å². The maximum Gasteiger partial charge on any atom is 0.246 e. The van der Waals surface area contributed by atoms with Gasteiger partial charge in [-0.15, -0.1) is 0 Å². The Morgan fingerprint density at radius 3 is 2.90 bits per heavy atom. The summed E-state index contributed by atoms with van der Waals surface area (Å²) in [5.74, 6) is 0.589. The molecule has 1 heterocycles. The number of benzene rings is 1. The molecule has 0 unspecified atom stereocenters. The third-order valence-corrected chi connectivity index (χ3v) is 3.79. The van der Waals surface area contributed by atoms with Crippen LogP contribution in [-0.4, -0.2) is 36.4 Å². The van der Waals surface area contributed by atoms with Crippen LogP contribution in [0.4, 0.5) is 5.69 Å². The molecule has 1 saturated heterocycles. The van der Waals surface area contributed by atoms with Gasteiger partial charge in [-0.05, 0) is 31.9 Å². The quantitative estimate of drug-likeness (QED) is 0.926. The van der Waals surface area contributed by atoms with Gasteiger partial charge in [0.05, 0.1) is 7.11 Å². The van der Waals surface area contributed by atoms with Crippen LogP contribution in [0.2, 0.25) is 0 Å². The lowest BCUT2D eigenvalue weighted by Gasteiger charge is -2.27. The summed E-state index contributed by atoms with van der Waals surface area (Å²) >= 11 is 0. The summed E-state index contributed by atoms with van der Waals surface area (Å²) in [6.07, 6.45) is 3.46. The van der Waals surface area contributed by atoms with Gasteiger partial charge in [-0.25, -0.2) is 0 Å². The first-order chi connectivity index (χ1) is 10.1. The van der Waals surface area contributed by atoms with Gasteiger partial charge in [-0.1, -0.05) is 12.5 Å². The van der Waals surface area contributed by atoms with E-state index < -0.39 is 6.04 Å². The molecular formula is C16H22N2O3.